The van der Waals surface area contributed by atoms with Gasteiger partial charge in [0.05, 0.1) is 10.5 Å². The zero-order chi connectivity index (χ0) is 13.5. The maximum absolute atomic E-state index is 5.84. The van der Waals surface area contributed by atoms with Gasteiger partial charge in [0, 0.05) is 23.2 Å². The van der Waals surface area contributed by atoms with E-state index in [0.717, 1.165) is 16.4 Å². The Kier molecular flexibility index (Phi) is 5.19. The summed E-state index contributed by atoms with van der Waals surface area (Å²) in [6.07, 6.45) is 3.90. The van der Waals surface area contributed by atoms with Crippen LogP contribution >= 0.6 is 22.9 Å². The average molecular weight is 291 g/mol. The summed E-state index contributed by atoms with van der Waals surface area (Å²) in [6.45, 7) is 2.97. The monoisotopic (exact) mass is 290 g/mol. The summed E-state index contributed by atoms with van der Waals surface area (Å²) in [7, 11) is 0. The van der Waals surface area contributed by atoms with Crippen LogP contribution in [0, 0.1) is 0 Å². The smallest absolute Gasteiger partial charge is 0.0934 e. The molecule has 0 atom stereocenters. The average Bonchev–Trinajstić information content (AvgIpc) is 3.10. The van der Waals surface area contributed by atoms with Gasteiger partial charge in [-0.1, -0.05) is 48.0 Å². The van der Waals surface area contributed by atoms with Crippen LogP contribution in [0.4, 0.5) is 0 Å². The number of thiophene rings is 1. The normalized spacial score (nSPS) is 9.79. The van der Waals surface area contributed by atoms with Crippen molar-refractivity contribution in [1.29, 1.82) is 0 Å². The van der Waals surface area contributed by atoms with Gasteiger partial charge in [0.25, 0.3) is 0 Å². The highest BCUT2D eigenvalue weighted by molar-refractivity contribution is 7.19. The van der Waals surface area contributed by atoms with Crippen LogP contribution in [-0.2, 0) is 6.54 Å². The summed E-state index contributed by atoms with van der Waals surface area (Å²) in [5, 5.41) is 4.20. The molecule has 1 aromatic carbocycles. The van der Waals surface area contributed by atoms with E-state index in [4.69, 9.17) is 11.6 Å². The van der Waals surface area contributed by atoms with Crippen molar-refractivity contribution >= 4 is 22.9 Å². The lowest BCUT2D eigenvalue weighted by atomic mass is 10.3. The van der Waals surface area contributed by atoms with Crippen molar-refractivity contribution in [3.63, 3.8) is 0 Å². The third-order valence-electron chi connectivity index (χ3n) is 2.48. The molecule has 0 radical (unpaired) electrons. The third-order valence-corrected chi connectivity index (χ3v) is 3.76. The lowest BCUT2D eigenvalue weighted by Gasteiger charge is -1.90. The number of hydrogen-bond acceptors (Lipinski definition) is 2. The summed E-state index contributed by atoms with van der Waals surface area (Å²) in [6, 6.07) is 15.9. The number of rotatable bonds is 2. The second-order valence-electron chi connectivity index (χ2n) is 3.84. The Morgan fingerprint density at radius 3 is 2.16 bits per heavy atom. The quantitative estimate of drug-likeness (QED) is 0.651. The van der Waals surface area contributed by atoms with Gasteiger partial charge in [-0.2, -0.15) is 5.10 Å². The molecular formula is C15H15ClN2S. The second-order valence-corrected chi connectivity index (χ2v) is 5.56. The number of aryl methyl sites for hydroxylation is 1. The Balaban J connectivity index is 0.000000186. The SMILES string of the molecule is CCn1cc(-c2ccc(Cl)s2)cn1.c1ccccc1. The first-order chi connectivity index (χ1) is 9.29. The highest BCUT2D eigenvalue weighted by Crippen LogP contribution is 2.30. The standard InChI is InChI=1S/C9H9ClN2S.C6H6/c1-2-12-6-7(5-11-12)8-3-4-9(10)13-8;1-2-4-6-5-3-1/h3-6H,2H2,1H3;1-6H. The molecule has 4 heteroatoms. The molecule has 0 N–H and O–H groups in total. The van der Waals surface area contributed by atoms with Crippen molar-refractivity contribution in [2.45, 2.75) is 13.5 Å². The molecule has 0 aliphatic rings. The van der Waals surface area contributed by atoms with Gasteiger partial charge in [-0.3, -0.25) is 4.68 Å². The Hall–Kier alpha value is -1.58. The summed E-state index contributed by atoms with van der Waals surface area (Å²) in [4.78, 5) is 1.17. The first kappa shape index (κ1) is 13.8. The van der Waals surface area contributed by atoms with E-state index in [1.807, 2.05) is 65.6 Å². The third kappa shape index (κ3) is 4.23. The molecular weight excluding hydrogens is 276 g/mol. The first-order valence-electron chi connectivity index (χ1n) is 6.07. The highest BCUT2D eigenvalue weighted by atomic mass is 35.5. The van der Waals surface area contributed by atoms with Crippen LogP contribution in [0.15, 0.2) is 60.9 Å². The van der Waals surface area contributed by atoms with Crippen molar-refractivity contribution in [3.05, 3.63) is 65.3 Å². The minimum absolute atomic E-state index is 0.819. The molecule has 0 spiro atoms. The molecule has 0 aliphatic heterocycles. The molecule has 2 heterocycles. The van der Waals surface area contributed by atoms with Gasteiger partial charge in [-0.15, -0.1) is 11.3 Å². The van der Waals surface area contributed by atoms with Crippen molar-refractivity contribution < 1.29 is 0 Å². The molecule has 0 saturated carbocycles. The predicted molar refractivity (Wildman–Crippen MR) is 82.7 cm³/mol. The Morgan fingerprint density at radius 1 is 1.11 bits per heavy atom. The molecule has 2 aromatic heterocycles. The zero-order valence-corrected chi connectivity index (χ0v) is 12.2. The van der Waals surface area contributed by atoms with E-state index in [2.05, 4.69) is 12.0 Å². The number of benzene rings is 1. The summed E-state index contributed by atoms with van der Waals surface area (Å²) in [5.74, 6) is 0. The Morgan fingerprint density at radius 2 is 1.74 bits per heavy atom. The van der Waals surface area contributed by atoms with Crippen LogP contribution in [-0.4, -0.2) is 9.78 Å². The predicted octanol–water partition coefficient (Wildman–Crippen LogP) is 4.97. The molecule has 98 valence electrons. The van der Waals surface area contributed by atoms with Gasteiger partial charge in [-0.05, 0) is 19.1 Å². The van der Waals surface area contributed by atoms with Crippen LogP contribution in [0.2, 0.25) is 4.34 Å². The fourth-order valence-electron chi connectivity index (χ4n) is 1.52. The van der Waals surface area contributed by atoms with E-state index >= 15 is 0 Å². The number of nitrogens with zero attached hydrogens (tertiary/aromatic N) is 2. The molecule has 0 aliphatic carbocycles. The topological polar surface area (TPSA) is 17.8 Å². The number of halogens is 1. The lowest BCUT2D eigenvalue weighted by molar-refractivity contribution is 0.660. The van der Waals surface area contributed by atoms with Gasteiger partial charge in [0.1, 0.15) is 0 Å². The van der Waals surface area contributed by atoms with E-state index in [1.54, 1.807) is 11.3 Å². The molecule has 0 bridgehead atoms. The molecule has 0 unspecified atom stereocenters. The van der Waals surface area contributed by atoms with Crippen molar-refractivity contribution in [2.75, 3.05) is 0 Å². The van der Waals surface area contributed by atoms with Gasteiger partial charge < -0.3 is 0 Å². The van der Waals surface area contributed by atoms with Crippen molar-refractivity contribution in [1.82, 2.24) is 9.78 Å². The van der Waals surface area contributed by atoms with Crippen molar-refractivity contribution in [3.8, 4) is 10.4 Å². The summed E-state index contributed by atoms with van der Waals surface area (Å²) >= 11 is 7.42. The highest BCUT2D eigenvalue weighted by Gasteiger charge is 2.03. The molecule has 3 aromatic rings. The number of hydrogen-bond donors (Lipinski definition) is 0. The Bertz CT molecular complexity index is 575. The van der Waals surface area contributed by atoms with Crippen LogP contribution in [0.1, 0.15) is 6.92 Å². The second kappa shape index (κ2) is 7.12. The molecule has 19 heavy (non-hydrogen) atoms. The molecule has 0 amide bonds. The largest absolute Gasteiger partial charge is 0.272 e. The molecule has 2 nitrogen and oxygen atoms in total. The van der Waals surface area contributed by atoms with Gasteiger partial charge in [0.2, 0.25) is 0 Å². The maximum Gasteiger partial charge on any atom is 0.0934 e. The van der Waals surface area contributed by atoms with E-state index in [0.29, 0.717) is 0 Å². The summed E-state index contributed by atoms with van der Waals surface area (Å²) < 4.78 is 2.72. The van der Waals surface area contributed by atoms with E-state index < -0.39 is 0 Å². The zero-order valence-electron chi connectivity index (χ0n) is 10.7. The van der Waals surface area contributed by atoms with Crippen LogP contribution < -0.4 is 0 Å². The maximum atomic E-state index is 5.84. The van der Waals surface area contributed by atoms with Crippen molar-refractivity contribution in [2.24, 2.45) is 0 Å². The lowest BCUT2D eigenvalue weighted by Crippen LogP contribution is -1.91. The molecule has 3 rings (SSSR count). The van der Waals surface area contributed by atoms with Gasteiger partial charge >= 0.3 is 0 Å². The van der Waals surface area contributed by atoms with E-state index in [1.165, 1.54) is 4.88 Å². The minimum atomic E-state index is 0.819. The van der Waals surface area contributed by atoms with E-state index in [-0.39, 0.29) is 0 Å². The minimum Gasteiger partial charge on any atom is -0.272 e. The Labute approximate surface area is 122 Å². The molecule has 0 fully saturated rings. The summed E-state index contributed by atoms with van der Waals surface area (Å²) in [5.41, 5.74) is 1.14. The fourth-order valence-corrected chi connectivity index (χ4v) is 2.54. The van der Waals surface area contributed by atoms with Gasteiger partial charge in [0.15, 0.2) is 0 Å². The number of aromatic nitrogens is 2. The first-order valence-corrected chi connectivity index (χ1v) is 7.27. The van der Waals surface area contributed by atoms with Crippen LogP contribution in [0.25, 0.3) is 10.4 Å². The molecule has 0 saturated heterocycles. The van der Waals surface area contributed by atoms with Gasteiger partial charge in [-0.25, -0.2) is 0 Å². The van der Waals surface area contributed by atoms with Crippen LogP contribution in [0.5, 0.6) is 0 Å². The van der Waals surface area contributed by atoms with E-state index in [9.17, 15) is 0 Å². The fraction of sp³-hybridized carbons (Fsp3) is 0.133. The van der Waals surface area contributed by atoms with Crippen LogP contribution in [0.3, 0.4) is 0 Å².